The SMILES string of the molecule is O=C(CCCC(C(=O)[O-])N1C(=O)c2ccccc2C1=O)N[C@@H]1C(=O)N2C(C(=O)[O-])=C(CSc3ccccc3)CS[C@@H]12.[Na+].[Na+]. The van der Waals surface area contributed by atoms with Crippen LogP contribution in [0.2, 0.25) is 0 Å². The summed E-state index contributed by atoms with van der Waals surface area (Å²) >= 11 is 2.78. The summed E-state index contributed by atoms with van der Waals surface area (Å²) in [7, 11) is 0. The first-order valence-corrected chi connectivity index (χ1v) is 14.8. The molecule has 11 nitrogen and oxygen atoms in total. The normalized spacial score (nSPS) is 19.4. The van der Waals surface area contributed by atoms with E-state index in [2.05, 4.69) is 5.32 Å². The van der Waals surface area contributed by atoms with Gasteiger partial charge in [-0.25, -0.2) is 0 Å². The summed E-state index contributed by atoms with van der Waals surface area (Å²) in [6, 6.07) is 12.9. The van der Waals surface area contributed by atoms with Gasteiger partial charge in [0, 0.05) is 22.8 Å². The molecule has 0 spiro atoms. The number of benzene rings is 2. The zero-order chi connectivity index (χ0) is 29.3. The maximum atomic E-state index is 12.9. The van der Waals surface area contributed by atoms with E-state index in [1.165, 1.54) is 35.7 Å². The third kappa shape index (κ3) is 7.25. The second kappa shape index (κ2) is 15.3. The quantitative estimate of drug-likeness (QED) is 0.108. The zero-order valence-electron chi connectivity index (χ0n) is 23.4. The maximum Gasteiger partial charge on any atom is 1.00 e. The Hall–Kier alpha value is -2.10. The number of imide groups is 1. The Morgan fingerprint density at radius 2 is 1.56 bits per heavy atom. The molecule has 1 N–H and O–H groups in total. The van der Waals surface area contributed by atoms with Crippen molar-refractivity contribution in [3.05, 3.63) is 77.0 Å². The molecule has 3 heterocycles. The number of nitrogens with one attached hydrogen (secondary N) is 1. The molecule has 3 aliphatic heterocycles. The second-order valence-electron chi connectivity index (χ2n) is 9.55. The monoisotopic (exact) mass is 639 g/mol. The molecule has 0 radical (unpaired) electrons. The minimum atomic E-state index is -1.62. The average molecular weight is 640 g/mol. The second-order valence-corrected chi connectivity index (χ2v) is 11.7. The van der Waals surface area contributed by atoms with Gasteiger partial charge in [0.05, 0.1) is 34.8 Å². The van der Waals surface area contributed by atoms with Gasteiger partial charge in [0.2, 0.25) is 5.91 Å². The van der Waals surface area contributed by atoms with E-state index >= 15 is 0 Å². The van der Waals surface area contributed by atoms with Crippen molar-refractivity contribution in [2.24, 2.45) is 0 Å². The number of carbonyl (C=O) groups excluding carboxylic acids is 6. The molecule has 2 aromatic rings. The number of aliphatic carboxylic acids is 2. The molecular weight excluding hydrogens is 616 g/mol. The minimum Gasteiger partial charge on any atom is -0.548 e. The maximum absolute atomic E-state index is 12.9. The van der Waals surface area contributed by atoms with Crippen LogP contribution in [-0.4, -0.2) is 74.3 Å². The molecule has 4 amide bonds. The first kappa shape index (κ1) is 35.4. The number of carboxylic acids is 2. The first-order chi connectivity index (χ1) is 19.7. The summed E-state index contributed by atoms with van der Waals surface area (Å²) < 4.78 is 0. The number of β-lactam (4-membered cyclic amide) rings is 1. The smallest absolute Gasteiger partial charge is 0.548 e. The summed E-state index contributed by atoms with van der Waals surface area (Å²) in [6.45, 7) is 0. The van der Waals surface area contributed by atoms with Crippen LogP contribution in [0.1, 0.15) is 40.0 Å². The number of amides is 4. The standard InChI is InChI=1S/C28H25N3O8S2.2Na/c32-20(12-6-11-19(27(36)37)30-23(33)17-9-4-5-10-18(17)24(30)34)29-21-25(35)31-22(28(38)39)15(14-41-26(21)31)13-40-16-7-2-1-3-8-16;;/h1-5,7-10,19,21,26H,6,11-14H2,(H,29,32)(H,36,37)(H,38,39);;/q;2*+1/p-2/t19?,21-,26+;;/m1../s1. The van der Waals surface area contributed by atoms with Crippen molar-refractivity contribution < 1.29 is 98.1 Å². The molecule has 1 saturated heterocycles. The van der Waals surface area contributed by atoms with Crippen molar-refractivity contribution in [3.63, 3.8) is 0 Å². The number of hydrogen-bond acceptors (Lipinski definition) is 10. The van der Waals surface area contributed by atoms with Gasteiger partial charge in [-0.2, -0.15) is 0 Å². The van der Waals surface area contributed by atoms with Gasteiger partial charge in [0.15, 0.2) is 0 Å². The van der Waals surface area contributed by atoms with Crippen LogP contribution in [0.3, 0.4) is 0 Å². The van der Waals surface area contributed by atoms with Gasteiger partial charge in [0.1, 0.15) is 11.4 Å². The molecule has 1 fully saturated rings. The Kier molecular flexibility index (Phi) is 12.6. The number of hydrogen-bond donors (Lipinski definition) is 1. The zero-order valence-corrected chi connectivity index (χ0v) is 29.1. The number of rotatable bonds is 11. The van der Waals surface area contributed by atoms with Gasteiger partial charge in [0.25, 0.3) is 17.7 Å². The van der Waals surface area contributed by atoms with Crippen LogP contribution in [0.4, 0.5) is 0 Å². The molecule has 43 heavy (non-hydrogen) atoms. The number of fused-ring (bicyclic) bond motifs is 2. The molecule has 15 heteroatoms. The van der Waals surface area contributed by atoms with Crippen LogP contribution in [0, 0.1) is 0 Å². The van der Waals surface area contributed by atoms with Crippen LogP contribution >= 0.6 is 23.5 Å². The number of carbonyl (C=O) groups is 6. The number of carboxylic acid groups (broad SMARTS) is 2. The Labute approximate surface area is 299 Å². The van der Waals surface area contributed by atoms with Crippen molar-refractivity contribution in [2.75, 3.05) is 11.5 Å². The van der Waals surface area contributed by atoms with E-state index in [4.69, 9.17) is 0 Å². The molecule has 0 aromatic heterocycles. The van der Waals surface area contributed by atoms with Crippen LogP contribution in [0.25, 0.3) is 0 Å². The number of nitrogens with zero attached hydrogens (tertiary/aromatic N) is 2. The molecule has 3 aliphatic rings. The Bertz CT molecular complexity index is 1450. The third-order valence-corrected chi connectivity index (χ3v) is 9.44. The molecule has 3 atom stereocenters. The summed E-state index contributed by atoms with van der Waals surface area (Å²) in [5.74, 6) is -4.97. The van der Waals surface area contributed by atoms with Crippen LogP contribution in [-0.2, 0) is 19.2 Å². The molecule has 212 valence electrons. The van der Waals surface area contributed by atoms with Gasteiger partial charge < -0.3 is 25.1 Å². The first-order valence-electron chi connectivity index (χ1n) is 12.7. The predicted octanol–water partition coefficient (Wildman–Crippen LogP) is -6.22. The summed E-state index contributed by atoms with van der Waals surface area (Å²) in [5, 5.41) is 25.7. The Morgan fingerprint density at radius 3 is 2.14 bits per heavy atom. The van der Waals surface area contributed by atoms with Gasteiger partial charge in [-0.1, -0.05) is 30.3 Å². The van der Waals surface area contributed by atoms with Crippen molar-refractivity contribution in [1.82, 2.24) is 15.1 Å². The third-order valence-electron chi connectivity index (χ3n) is 7.00. The summed E-state index contributed by atoms with van der Waals surface area (Å²) in [6.07, 6.45) is -0.411. The molecular formula is C28H23N3Na2O8S2. The Balaban J connectivity index is 0.00000253. The topological polar surface area (TPSA) is 167 Å². The van der Waals surface area contributed by atoms with Crippen molar-refractivity contribution in [2.45, 2.75) is 41.6 Å². The summed E-state index contributed by atoms with van der Waals surface area (Å²) in [5.41, 5.74) is 0.586. The fourth-order valence-electron chi connectivity index (χ4n) is 5.01. The van der Waals surface area contributed by atoms with E-state index in [1.54, 1.807) is 12.1 Å². The molecule has 0 aliphatic carbocycles. The van der Waals surface area contributed by atoms with Crippen molar-refractivity contribution in [1.29, 1.82) is 0 Å². The number of thioether (sulfide) groups is 2. The molecule has 1 unspecified atom stereocenters. The predicted molar refractivity (Wildman–Crippen MR) is 144 cm³/mol. The van der Waals surface area contributed by atoms with Gasteiger partial charge in [-0.05, 0) is 42.7 Å². The fourth-order valence-corrected chi connectivity index (χ4v) is 7.42. The van der Waals surface area contributed by atoms with E-state index in [9.17, 15) is 39.0 Å². The van der Waals surface area contributed by atoms with Gasteiger partial charge >= 0.3 is 59.1 Å². The average Bonchev–Trinajstić information content (AvgIpc) is 3.22. The molecule has 2 aromatic carbocycles. The molecule has 0 saturated carbocycles. The van der Waals surface area contributed by atoms with E-state index in [-0.39, 0.29) is 95.2 Å². The molecule has 5 rings (SSSR count). The molecule has 0 bridgehead atoms. The summed E-state index contributed by atoms with van der Waals surface area (Å²) in [4.78, 5) is 77.4. The van der Waals surface area contributed by atoms with Crippen LogP contribution in [0.15, 0.2) is 70.8 Å². The Morgan fingerprint density at radius 1 is 0.953 bits per heavy atom. The van der Waals surface area contributed by atoms with E-state index in [1.807, 2.05) is 30.3 Å². The van der Waals surface area contributed by atoms with Crippen molar-refractivity contribution >= 4 is 59.1 Å². The van der Waals surface area contributed by atoms with Crippen LogP contribution < -0.4 is 74.6 Å². The van der Waals surface area contributed by atoms with Crippen molar-refractivity contribution in [3.8, 4) is 0 Å². The van der Waals surface area contributed by atoms with E-state index < -0.39 is 53.0 Å². The van der Waals surface area contributed by atoms with Gasteiger partial charge in [-0.3, -0.25) is 29.0 Å². The largest absolute Gasteiger partial charge is 1.00 e. The van der Waals surface area contributed by atoms with E-state index in [0.29, 0.717) is 22.0 Å². The minimum absolute atomic E-state index is 0. The fraction of sp³-hybridized carbons (Fsp3) is 0.286. The van der Waals surface area contributed by atoms with Gasteiger partial charge in [-0.15, -0.1) is 23.5 Å². The van der Waals surface area contributed by atoms with Crippen LogP contribution in [0.5, 0.6) is 0 Å². The van der Waals surface area contributed by atoms with E-state index in [0.717, 1.165) is 9.80 Å².